The van der Waals surface area contributed by atoms with Gasteiger partial charge >= 0.3 is 5.97 Å². The van der Waals surface area contributed by atoms with Gasteiger partial charge in [-0.2, -0.15) is 0 Å². The molecule has 0 saturated heterocycles. The van der Waals surface area contributed by atoms with E-state index in [1.54, 1.807) is 18.2 Å². The van der Waals surface area contributed by atoms with Crippen molar-refractivity contribution in [3.8, 4) is 0 Å². The molecule has 0 radical (unpaired) electrons. The molecule has 0 fully saturated rings. The van der Waals surface area contributed by atoms with Crippen LogP contribution < -0.4 is 5.32 Å². The van der Waals surface area contributed by atoms with Gasteiger partial charge in [-0.25, -0.2) is 4.79 Å². The number of benzene rings is 1. The van der Waals surface area contributed by atoms with Gasteiger partial charge in [0.1, 0.15) is 0 Å². The lowest BCUT2D eigenvalue weighted by Gasteiger charge is -2.07. The quantitative estimate of drug-likeness (QED) is 0.758. The van der Waals surface area contributed by atoms with Gasteiger partial charge < -0.3 is 10.4 Å². The highest BCUT2D eigenvalue weighted by Crippen LogP contribution is 2.29. The Hall–Kier alpha value is -2.10. The Bertz CT molecular complexity index is 516. The maximum atomic E-state index is 10.8. The number of fused-ring (bicyclic) bond motifs is 1. The molecule has 0 spiro atoms. The molecule has 82 valence electrons. The van der Waals surface area contributed by atoms with Crippen LogP contribution in [0.25, 0.3) is 0 Å². The van der Waals surface area contributed by atoms with Crippen molar-refractivity contribution in [1.82, 2.24) is 0 Å². The summed E-state index contributed by atoms with van der Waals surface area (Å²) < 4.78 is 0. The average molecular weight is 216 g/mol. The van der Waals surface area contributed by atoms with Crippen molar-refractivity contribution in [2.75, 3.05) is 5.32 Å². The second-order valence-corrected chi connectivity index (χ2v) is 3.74. The molecule has 0 saturated carbocycles. The van der Waals surface area contributed by atoms with Crippen molar-refractivity contribution in [1.29, 1.82) is 0 Å². The normalized spacial score (nSPS) is 14.1. The van der Waals surface area contributed by atoms with Gasteiger partial charge in [0.2, 0.25) is 0 Å². The predicted octanol–water partition coefficient (Wildman–Crippen LogP) is 2.81. The maximum Gasteiger partial charge on any atom is 0.335 e. The number of rotatable bonds is 1. The smallest absolute Gasteiger partial charge is 0.335 e. The molecular weight excluding hydrogens is 204 g/mol. The average Bonchev–Trinajstić information content (AvgIpc) is 2.32. The molecule has 1 aliphatic heterocycles. The number of aromatic carboxylic acids is 1. The third kappa shape index (κ3) is 1.95. The second-order valence-electron chi connectivity index (χ2n) is 3.74. The summed E-state index contributed by atoms with van der Waals surface area (Å²) in [6.45, 7) is 3.83. The summed E-state index contributed by atoms with van der Waals surface area (Å²) in [5.41, 5.74) is 3.59. The number of carboxylic acids is 1. The van der Waals surface area contributed by atoms with Crippen molar-refractivity contribution in [2.24, 2.45) is 4.99 Å². The molecular formula is C12H12N2O2. The van der Waals surface area contributed by atoms with Gasteiger partial charge in [-0.1, -0.05) is 0 Å². The van der Waals surface area contributed by atoms with Crippen LogP contribution in [0, 0.1) is 0 Å². The second kappa shape index (κ2) is 3.81. The first-order valence-electron chi connectivity index (χ1n) is 4.94. The summed E-state index contributed by atoms with van der Waals surface area (Å²) in [5.74, 6) is -0.934. The Labute approximate surface area is 93.3 Å². The third-order valence-electron chi connectivity index (χ3n) is 2.30. The number of hydrogen-bond acceptors (Lipinski definition) is 3. The molecule has 1 aliphatic rings. The molecule has 1 aromatic carbocycles. The first-order valence-corrected chi connectivity index (χ1v) is 4.94. The number of carbonyl (C=O) groups is 1. The SMILES string of the molecule is CC1=CC(C)=Nc2ccc(C(=O)O)cc2N1. The minimum Gasteiger partial charge on any atom is -0.478 e. The molecule has 2 N–H and O–H groups in total. The number of nitrogens with one attached hydrogen (secondary N) is 1. The van der Waals surface area contributed by atoms with Crippen LogP contribution in [-0.4, -0.2) is 16.8 Å². The number of hydrogen-bond donors (Lipinski definition) is 2. The molecule has 2 rings (SSSR count). The highest BCUT2D eigenvalue weighted by Gasteiger charge is 2.10. The molecule has 1 heterocycles. The molecule has 0 atom stereocenters. The first kappa shape index (κ1) is 10.4. The van der Waals surface area contributed by atoms with E-state index in [0.29, 0.717) is 0 Å². The standard InChI is InChI=1S/C12H12N2O2/c1-7-5-8(2)14-11-6-9(12(15)16)3-4-10(11)13-7/h3-6,14H,1-2H3,(H,15,16). The van der Waals surface area contributed by atoms with Crippen LogP contribution in [0.15, 0.2) is 35.0 Å². The van der Waals surface area contributed by atoms with Crippen LogP contribution in [0.2, 0.25) is 0 Å². The van der Waals surface area contributed by atoms with Gasteiger partial charge in [-0.3, -0.25) is 4.99 Å². The number of allylic oxidation sites excluding steroid dienone is 2. The van der Waals surface area contributed by atoms with Gasteiger partial charge in [0.15, 0.2) is 0 Å². The lowest BCUT2D eigenvalue weighted by Crippen LogP contribution is -1.99. The number of aliphatic imine (C=N–C) groups is 1. The van der Waals surface area contributed by atoms with Gasteiger partial charge in [-0.05, 0) is 38.1 Å². The zero-order valence-electron chi connectivity index (χ0n) is 9.11. The fourth-order valence-corrected chi connectivity index (χ4v) is 1.65. The van der Waals surface area contributed by atoms with Gasteiger partial charge in [0, 0.05) is 11.4 Å². The monoisotopic (exact) mass is 216 g/mol. The van der Waals surface area contributed by atoms with Crippen molar-refractivity contribution in [3.63, 3.8) is 0 Å². The predicted molar refractivity (Wildman–Crippen MR) is 63.6 cm³/mol. The number of carboxylic acid groups (broad SMARTS) is 1. The topological polar surface area (TPSA) is 61.7 Å². The van der Waals surface area contributed by atoms with Crippen LogP contribution >= 0.6 is 0 Å². The lowest BCUT2D eigenvalue weighted by atomic mass is 10.1. The Kier molecular flexibility index (Phi) is 2.48. The van der Waals surface area contributed by atoms with Crippen molar-refractivity contribution >= 4 is 23.1 Å². The first-order chi connectivity index (χ1) is 7.56. The molecule has 0 aliphatic carbocycles. The van der Waals surface area contributed by atoms with Crippen LogP contribution in [0.1, 0.15) is 24.2 Å². The van der Waals surface area contributed by atoms with Crippen molar-refractivity contribution in [3.05, 3.63) is 35.5 Å². The summed E-state index contributed by atoms with van der Waals surface area (Å²) in [7, 11) is 0. The highest BCUT2D eigenvalue weighted by atomic mass is 16.4. The minimum absolute atomic E-state index is 0.258. The summed E-state index contributed by atoms with van der Waals surface area (Å²) in [6.07, 6.45) is 1.92. The molecule has 0 unspecified atom stereocenters. The van der Waals surface area contributed by atoms with E-state index in [1.165, 1.54) is 0 Å². The zero-order chi connectivity index (χ0) is 11.7. The molecule has 0 aromatic heterocycles. The van der Waals surface area contributed by atoms with E-state index in [1.807, 2.05) is 19.9 Å². The molecule has 1 aromatic rings. The van der Waals surface area contributed by atoms with E-state index >= 15 is 0 Å². The lowest BCUT2D eigenvalue weighted by molar-refractivity contribution is 0.0697. The Morgan fingerprint density at radius 1 is 1.38 bits per heavy atom. The Morgan fingerprint density at radius 3 is 2.81 bits per heavy atom. The minimum atomic E-state index is -0.934. The molecule has 4 nitrogen and oxygen atoms in total. The molecule has 4 heteroatoms. The van der Waals surface area contributed by atoms with E-state index in [0.717, 1.165) is 22.8 Å². The molecule has 0 bridgehead atoms. The molecule has 16 heavy (non-hydrogen) atoms. The van der Waals surface area contributed by atoms with Crippen LogP contribution in [0.3, 0.4) is 0 Å². The van der Waals surface area contributed by atoms with Crippen LogP contribution in [0.4, 0.5) is 11.4 Å². The summed E-state index contributed by atoms with van der Waals surface area (Å²) in [5, 5.41) is 12.0. The van der Waals surface area contributed by atoms with E-state index < -0.39 is 5.97 Å². The fourth-order valence-electron chi connectivity index (χ4n) is 1.65. The van der Waals surface area contributed by atoms with Crippen molar-refractivity contribution < 1.29 is 9.90 Å². The summed E-state index contributed by atoms with van der Waals surface area (Å²) in [6, 6.07) is 4.86. The van der Waals surface area contributed by atoms with E-state index in [4.69, 9.17) is 5.11 Å². The zero-order valence-corrected chi connectivity index (χ0v) is 9.11. The highest BCUT2D eigenvalue weighted by molar-refractivity contribution is 5.99. The number of nitrogens with zero attached hydrogens (tertiary/aromatic N) is 1. The van der Waals surface area contributed by atoms with Crippen LogP contribution in [0.5, 0.6) is 0 Å². The van der Waals surface area contributed by atoms with E-state index in [-0.39, 0.29) is 5.56 Å². The summed E-state index contributed by atoms with van der Waals surface area (Å²) >= 11 is 0. The largest absolute Gasteiger partial charge is 0.478 e. The Balaban J connectivity index is 2.53. The Morgan fingerprint density at radius 2 is 2.12 bits per heavy atom. The van der Waals surface area contributed by atoms with Gasteiger partial charge in [-0.15, -0.1) is 0 Å². The van der Waals surface area contributed by atoms with Gasteiger partial charge in [0.05, 0.1) is 16.9 Å². The third-order valence-corrected chi connectivity index (χ3v) is 2.30. The number of anilines is 1. The summed E-state index contributed by atoms with van der Waals surface area (Å²) in [4.78, 5) is 15.2. The fraction of sp³-hybridized carbons (Fsp3) is 0.167. The van der Waals surface area contributed by atoms with E-state index in [2.05, 4.69) is 10.3 Å². The van der Waals surface area contributed by atoms with Crippen molar-refractivity contribution in [2.45, 2.75) is 13.8 Å². The van der Waals surface area contributed by atoms with Gasteiger partial charge in [0.25, 0.3) is 0 Å². The molecule has 0 amide bonds. The maximum absolute atomic E-state index is 10.8. The van der Waals surface area contributed by atoms with Crippen LogP contribution in [-0.2, 0) is 0 Å². The van der Waals surface area contributed by atoms with E-state index in [9.17, 15) is 4.79 Å².